The van der Waals surface area contributed by atoms with Crippen LogP contribution in [0.15, 0.2) is 0 Å². The lowest BCUT2D eigenvalue weighted by molar-refractivity contribution is 0.164. The third-order valence-corrected chi connectivity index (χ3v) is 2.58. The number of halogens is 1. The lowest BCUT2D eigenvalue weighted by Crippen LogP contribution is -2.43. The Kier molecular flexibility index (Phi) is 6.06. The highest BCUT2D eigenvalue weighted by molar-refractivity contribution is 5.85. The first-order chi connectivity index (χ1) is 5.74. The molecule has 3 nitrogen and oxygen atoms in total. The molecule has 2 N–H and O–H groups in total. The molecule has 0 amide bonds. The average molecular weight is 204 g/mol. The lowest BCUT2D eigenvalue weighted by Gasteiger charge is -2.33. The van der Waals surface area contributed by atoms with E-state index in [1.807, 2.05) is 0 Å². The van der Waals surface area contributed by atoms with Gasteiger partial charge in [-0.25, -0.2) is 0 Å². The van der Waals surface area contributed by atoms with Crippen LogP contribution in [-0.4, -0.2) is 30.1 Å². The number of nitriles is 1. The molecule has 0 spiro atoms. The lowest BCUT2D eigenvalue weighted by atomic mass is 10.0. The van der Waals surface area contributed by atoms with Crippen molar-refractivity contribution in [3.8, 4) is 6.07 Å². The van der Waals surface area contributed by atoms with Crippen LogP contribution in [0.1, 0.15) is 26.2 Å². The summed E-state index contributed by atoms with van der Waals surface area (Å²) in [5.74, 6) is 0. The van der Waals surface area contributed by atoms with Crippen LogP contribution in [0.5, 0.6) is 0 Å². The highest BCUT2D eigenvalue weighted by atomic mass is 35.5. The Morgan fingerprint density at radius 1 is 1.54 bits per heavy atom. The topological polar surface area (TPSA) is 53.0 Å². The molecule has 1 heterocycles. The molecule has 0 bridgehead atoms. The van der Waals surface area contributed by atoms with Gasteiger partial charge in [-0.2, -0.15) is 5.26 Å². The Hall–Kier alpha value is -0.300. The second-order valence-electron chi connectivity index (χ2n) is 3.58. The summed E-state index contributed by atoms with van der Waals surface area (Å²) in [7, 11) is 0. The number of nitrogens with two attached hydrogens (primary N) is 1. The predicted octanol–water partition coefficient (Wildman–Crippen LogP) is 1.13. The molecule has 1 rings (SSSR count). The third-order valence-electron chi connectivity index (χ3n) is 2.58. The zero-order valence-electron chi connectivity index (χ0n) is 8.07. The van der Waals surface area contributed by atoms with Crippen molar-refractivity contribution in [2.75, 3.05) is 13.1 Å². The van der Waals surface area contributed by atoms with Gasteiger partial charge in [-0.15, -0.1) is 12.4 Å². The fourth-order valence-corrected chi connectivity index (χ4v) is 1.62. The van der Waals surface area contributed by atoms with E-state index in [0.717, 1.165) is 25.9 Å². The van der Waals surface area contributed by atoms with Crippen molar-refractivity contribution in [2.24, 2.45) is 5.73 Å². The van der Waals surface area contributed by atoms with E-state index >= 15 is 0 Å². The van der Waals surface area contributed by atoms with Gasteiger partial charge >= 0.3 is 0 Å². The molecule has 4 heteroatoms. The minimum absolute atomic E-state index is 0. The van der Waals surface area contributed by atoms with E-state index in [1.54, 1.807) is 0 Å². The first-order valence-electron chi connectivity index (χ1n) is 4.60. The average Bonchev–Trinajstić information content (AvgIpc) is 2.06. The fourth-order valence-electron chi connectivity index (χ4n) is 1.62. The summed E-state index contributed by atoms with van der Waals surface area (Å²) in [5.41, 5.74) is 5.78. The molecule has 1 fully saturated rings. The molecule has 13 heavy (non-hydrogen) atoms. The minimum atomic E-state index is 0. The zero-order chi connectivity index (χ0) is 8.97. The van der Waals surface area contributed by atoms with Crippen molar-refractivity contribution < 1.29 is 0 Å². The van der Waals surface area contributed by atoms with Gasteiger partial charge in [0.15, 0.2) is 0 Å². The number of rotatable bonds is 2. The van der Waals surface area contributed by atoms with Gasteiger partial charge < -0.3 is 5.73 Å². The zero-order valence-corrected chi connectivity index (χ0v) is 8.89. The Morgan fingerprint density at radius 3 is 2.54 bits per heavy atom. The first-order valence-corrected chi connectivity index (χ1v) is 4.60. The fraction of sp³-hybridized carbons (Fsp3) is 0.889. The molecular weight excluding hydrogens is 186 g/mol. The van der Waals surface area contributed by atoms with Crippen molar-refractivity contribution in [2.45, 2.75) is 38.3 Å². The van der Waals surface area contributed by atoms with Crippen molar-refractivity contribution in [1.82, 2.24) is 4.90 Å². The van der Waals surface area contributed by atoms with Crippen LogP contribution in [0, 0.1) is 11.3 Å². The van der Waals surface area contributed by atoms with Gasteiger partial charge in [0.05, 0.1) is 12.5 Å². The molecule has 0 aromatic heterocycles. The molecule has 0 aromatic rings. The standard InChI is InChI=1S/C9H17N3.ClH/c1-8(2-5-10)12-6-3-9(11)4-7-12;/h8-9H,2-4,6-7,11H2,1H3;1H. The molecule has 1 unspecified atom stereocenters. The van der Waals surface area contributed by atoms with Crippen LogP contribution >= 0.6 is 12.4 Å². The first kappa shape index (κ1) is 12.7. The third kappa shape index (κ3) is 3.95. The quantitative estimate of drug-likeness (QED) is 0.732. The normalized spacial score (nSPS) is 21.6. The van der Waals surface area contributed by atoms with Crippen LogP contribution in [-0.2, 0) is 0 Å². The summed E-state index contributed by atoms with van der Waals surface area (Å²) >= 11 is 0. The van der Waals surface area contributed by atoms with Crippen molar-refractivity contribution in [3.05, 3.63) is 0 Å². The Morgan fingerprint density at radius 2 is 2.08 bits per heavy atom. The maximum Gasteiger partial charge on any atom is 0.0638 e. The summed E-state index contributed by atoms with van der Waals surface area (Å²) in [6, 6.07) is 2.99. The van der Waals surface area contributed by atoms with Gasteiger partial charge in [-0.3, -0.25) is 4.90 Å². The number of likely N-dealkylation sites (tertiary alicyclic amines) is 1. The van der Waals surface area contributed by atoms with Gasteiger partial charge in [0.25, 0.3) is 0 Å². The maximum absolute atomic E-state index is 8.52. The second-order valence-corrected chi connectivity index (χ2v) is 3.58. The van der Waals surface area contributed by atoms with Crippen LogP contribution in [0.2, 0.25) is 0 Å². The maximum atomic E-state index is 8.52. The van der Waals surface area contributed by atoms with Gasteiger partial charge in [0.2, 0.25) is 0 Å². The van der Waals surface area contributed by atoms with Crippen LogP contribution in [0.3, 0.4) is 0 Å². The minimum Gasteiger partial charge on any atom is -0.328 e. The molecule has 1 aliphatic rings. The molecule has 0 aliphatic carbocycles. The summed E-state index contributed by atoms with van der Waals surface area (Å²) in [6.07, 6.45) is 2.79. The van der Waals surface area contributed by atoms with E-state index in [4.69, 9.17) is 11.0 Å². The van der Waals surface area contributed by atoms with E-state index in [9.17, 15) is 0 Å². The number of hydrogen-bond donors (Lipinski definition) is 1. The van der Waals surface area contributed by atoms with E-state index in [2.05, 4.69) is 17.9 Å². The van der Waals surface area contributed by atoms with Gasteiger partial charge in [0, 0.05) is 12.1 Å². The van der Waals surface area contributed by atoms with E-state index in [1.165, 1.54) is 0 Å². The van der Waals surface area contributed by atoms with Crippen LogP contribution in [0.25, 0.3) is 0 Å². The monoisotopic (exact) mass is 203 g/mol. The summed E-state index contributed by atoms with van der Waals surface area (Å²) in [5, 5.41) is 8.52. The highest BCUT2D eigenvalue weighted by Crippen LogP contribution is 2.12. The second kappa shape index (κ2) is 6.20. The Balaban J connectivity index is 0.00000144. The summed E-state index contributed by atoms with van der Waals surface area (Å²) in [4.78, 5) is 2.35. The van der Waals surface area contributed by atoms with Crippen LogP contribution < -0.4 is 5.73 Å². The SMILES string of the molecule is CC(CC#N)N1CCC(N)CC1.Cl. The largest absolute Gasteiger partial charge is 0.328 e. The Bertz CT molecular complexity index is 170. The summed E-state index contributed by atoms with van der Waals surface area (Å²) in [6.45, 7) is 4.23. The number of piperidine rings is 1. The number of nitrogens with zero attached hydrogens (tertiary/aromatic N) is 2. The molecule has 1 aliphatic heterocycles. The molecule has 0 radical (unpaired) electrons. The molecule has 1 atom stereocenters. The van der Waals surface area contributed by atoms with E-state index in [0.29, 0.717) is 18.5 Å². The molecule has 0 saturated carbocycles. The van der Waals surface area contributed by atoms with Crippen molar-refractivity contribution in [1.29, 1.82) is 5.26 Å². The van der Waals surface area contributed by atoms with E-state index < -0.39 is 0 Å². The van der Waals surface area contributed by atoms with Gasteiger partial charge in [-0.05, 0) is 32.9 Å². The summed E-state index contributed by atoms with van der Waals surface area (Å²) < 4.78 is 0. The highest BCUT2D eigenvalue weighted by Gasteiger charge is 2.19. The van der Waals surface area contributed by atoms with E-state index in [-0.39, 0.29) is 12.4 Å². The van der Waals surface area contributed by atoms with Crippen molar-refractivity contribution >= 4 is 12.4 Å². The Labute approximate surface area is 86.3 Å². The van der Waals surface area contributed by atoms with Crippen LogP contribution in [0.4, 0.5) is 0 Å². The van der Waals surface area contributed by atoms with Gasteiger partial charge in [-0.1, -0.05) is 0 Å². The van der Waals surface area contributed by atoms with Gasteiger partial charge in [0.1, 0.15) is 0 Å². The molecular formula is C9H18ClN3. The molecule has 1 saturated heterocycles. The number of hydrogen-bond acceptors (Lipinski definition) is 3. The van der Waals surface area contributed by atoms with Crippen molar-refractivity contribution in [3.63, 3.8) is 0 Å². The predicted molar refractivity (Wildman–Crippen MR) is 55.7 cm³/mol. The smallest absolute Gasteiger partial charge is 0.0638 e. The molecule has 76 valence electrons. The molecule has 0 aromatic carbocycles.